The normalized spacial score (nSPS) is 4.67. The van der Waals surface area contributed by atoms with Gasteiger partial charge in [0.25, 0.3) is 0 Å². The molecule has 0 aliphatic heterocycles. The van der Waals surface area contributed by atoms with E-state index in [-0.39, 0.29) is 0 Å². The van der Waals surface area contributed by atoms with E-state index in [0.717, 1.165) is 12.4 Å². The van der Waals surface area contributed by atoms with Gasteiger partial charge in [-0.1, -0.05) is 0 Å². The molecule has 0 amide bonds. The lowest BCUT2D eigenvalue weighted by molar-refractivity contribution is -0.0126. The van der Waals surface area contributed by atoms with E-state index in [9.17, 15) is 0 Å². The lowest BCUT2D eigenvalue weighted by atomic mass is 10.8. The molecule has 0 aromatic heterocycles. The molecule has 0 fully saturated rings. The van der Waals surface area contributed by atoms with E-state index < -0.39 is 0 Å². The summed E-state index contributed by atoms with van der Waals surface area (Å²) in [6.07, 6.45) is 1.89. The largest absolute Gasteiger partial charge is 0.361 e. The van der Waals surface area contributed by atoms with Crippen molar-refractivity contribution in [3.05, 3.63) is 11.1 Å². The Hall–Kier alpha value is -1.24. The highest BCUT2D eigenvalue weighted by Crippen LogP contribution is 1.22. The average molecular weight is 82.1 g/mol. The van der Waals surface area contributed by atoms with Crippen LogP contribution in [-0.2, 0) is 0 Å². The van der Waals surface area contributed by atoms with Gasteiger partial charge in [0, 0.05) is 0 Å². The van der Waals surface area contributed by atoms with Crippen LogP contribution in [0.5, 0.6) is 0 Å². The Labute approximate surface area is 34.3 Å². The first kappa shape index (κ1) is 4.76. The highest BCUT2D eigenvalue weighted by Gasteiger charge is 1.68. The summed E-state index contributed by atoms with van der Waals surface area (Å²) in [5.74, 6) is 0. The molecule has 0 saturated heterocycles. The van der Waals surface area contributed by atoms with Crippen molar-refractivity contribution in [1.29, 1.82) is 0 Å². The van der Waals surface area contributed by atoms with E-state index in [1.165, 1.54) is 0 Å². The Morgan fingerprint density at radius 3 is 1.50 bits per heavy atom. The van der Waals surface area contributed by atoms with E-state index in [2.05, 4.69) is 9.58 Å². The van der Waals surface area contributed by atoms with Crippen LogP contribution in [0.2, 0.25) is 0 Å². The fourth-order valence-corrected chi connectivity index (χ4v) is 0.0596. The van der Waals surface area contributed by atoms with E-state index >= 15 is 0 Å². The van der Waals surface area contributed by atoms with Gasteiger partial charge in [0.05, 0.1) is 0 Å². The van der Waals surface area contributed by atoms with Crippen LogP contribution < -0.4 is 0 Å². The molecule has 30 valence electrons. The van der Waals surface area contributed by atoms with Crippen LogP contribution in [0.1, 0.15) is 0 Å². The van der Waals surface area contributed by atoms with Gasteiger partial charge in [-0.05, 0) is 0 Å². The highest BCUT2D eigenvalue weighted by atomic mass is 14.9. The minimum atomic E-state index is 0.944. The fourth-order valence-electron chi connectivity index (χ4n) is 0.0596. The molecule has 0 rings (SSSR count). The summed E-state index contributed by atoms with van der Waals surface area (Å²) in [4.78, 5) is 4.98. The Morgan fingerprint density at radius 2 is 1.33 bits per heavy atom. The molecule has 0 unspecified atom stereocenters. The highest BCUT2D eigenvalue weighted by molar-refractivity contribution is 6.10. The molecular formula is C2H2N4. The van der Waals surface area contributed by atoms with Gasteiger partial charge in [0.1, 0.15) is 0 Å². The second-order valence-electron chi connectivity index (χ2n) is 0.529. The van der Waals surface area contributed by atoms with Crippen LogP contribution in [0.15, 0.2) is 0 Å². The van der Waals surface area contributed by atoms with Crippen LogP contribution in [0.25, 0.3) is 11.1 Å². The van der Waals surface area contributed by atoms with Crippen molar-refractivity contribution < 1.29 is 9.58 Å². The molecule has 0 atom stereocenters. The molecule has 0 spiro atoms. The molecule has 0 N–H and O–H groups in total. The Kier molecular flexibility index (Phi) is 2.98. The van der Waals surface area contributed by atoms with E-state index in [1.54, 1.807) is 0 Å². The molecule has 0 aliphatic carbocycles. The van der Waals surface area contributed by atoms with Gasteiger partial charge in [0.2, 0.25) is 0 Å². The average Bonchev–Trinajstić information content (AvgIpc) is 1.61. The second kappa shape index (κ2) is 3.76. The molecule has 6 heavy (non-hydrogen) atoms. The predicted octanol–water partition coefficient (Wildman–Crippen LogP) is -0.412. The van der Waals surface area contributed by atoms with Crippen LogP contribution in [0.4, 0.5) is 0 Å². The molecular weight excluding hydrogens is 80.1 g/mol. The number of hydrogen-bond acceptors (Lipinski definition) is 0. The fraction of sp³-hybridized carbons (Fsp3) is 0. The van der Waals surface area contributed by atoms with E-state index in [0.29, 0.717) is 0 Å². The van der Waals surface area contributed by atoms with Crippen LogP contribution in [0.3, 0.4) is 0 Å². The van der Waals surface area contributed by atoms with Gasteiger partial charge >= 0.3 is 12.4 Å². The van der Waals surface area contributed by atoms with Crippen molar-refractivity contribution in [3.8, 4) is 0 Å². The summed E-state index contributed by atoms with van der Waals surface area (Å²) in [5, 5.41) is 0. The minimum Gasteiger partial charge on any atom is -0.361 e. The lowest BCUT2D eigenvalue weighted by Gasteiger charge is -1.36. The number of nitrogens with zero attached hydrogens (tertiary/aromatic N) is 4. The standard InChI is InChI=1S/C2H2N4/c3-5-1-2-6-4/h1-2H. The third-order valence-electron chi connectivity index (χ3n) is 0.200. The molecule has 0 heterocycles. The molecule has 0 saturated carbocycles. The molecule has 0 aliphatic rings. The number of rotatable bonds is 1. The summed E-state index contributed by atoms with van der Waals surface area (Å²) in [5.41, 5.74) is 15.1. The van der Waals surface area contributed by atoms with Gasteiger partial charge in [-0.3, -0.25) is 0 Å². The Bertz CT molecular complexity index is 97.5. The zero-order valence-electron chi connectivity index (χ0n) is 2.94. The Balaban J connectivity index is 3.64. The third kappa shape index (κ3) is 2.76. The molecule has 0 aromatic carbocycles. The van der Waals surface area contributed by atoms with Crippen molar-refractivity contribution >= 4 is 12.4 Å². The predicted molar refractivity (Wildman–Crippen MR) is 19.4 cm³/mol. The van der Waals surface area contributed by atoms with Crippen LogP contribution in [-0.4, -0.2) is 22.0 Å². The second-order valence-corrected chi connectivity index (χ2v) is 0.529. The van der Waals surface area contributed by atoms with Crippen LogP contribution in [0, 0.1) is 0 Å². The maximum Gasteiger partial charge on any atom is 0.360 e. The third-order valence-corrected chi connectivity index (χ3v) is 0.200. The van der Waals surface area contributed by atoms with Gasteiger partial charge in [0.15, 0.2) is 0 Å². The van der Waals surface area contributed by atoms with Gasteiger partial charge in [-0.25, -0.2) is 0 Å². The van der Waals surface area contributed by atoms with Crippen molar-refractivity contribution in [2.24, 2.45) is 0 Å². The first-order chi connectivity index (χ1) is 2.91. The summed E-state index contributed by atoms with van der Waals surface area (Å²) in [6, 6.07) is 0. The smallest absolute Gasteiger partial charge is 0.360 e. The van der Waals surface area contributed by atoms with Crippen molar-refractivity contribution in [2.75, 3.05) is 0 Å². The molecule has 0 aromatic rings. The summed E-state index contributed by atoms with van der Waals surface area (Å²) in [6.45, 7) is 0. The zero-order valence-corrected chi connectivity index (χ0v) is 2.94. The monoisotopic (exact) mass is 82.0 g/mol. The summed E-state index contributed by atoms with van der Waals surface area (Å²) < 4.78 is 0. The van der Waals surface area contributed by atoms with E-state index in [1.807, 2.05) is 0 Å². The van der Waals surface area contributed by atoms with Crippen molar-refractivity contribution in [1.82, 2.24) is 0 Å². The first-order valence-corrected chi connectivity index (χ1v) is 1.25. The van der Waals surface area contributed by atoms with Crippen molar-refractivity contribution in [3.63, 3.8) is 0 Å². The SMILES string of the molecule is [N-]=[N+]=CC=[N+]=[N-]. The van der Waals surface area contributed by atoms with Gasteiger partial charge in [-0.15, -0.1) is 0 Å². The molecule has 4 heteroatoms. The Morgan fingerprint density at radius 1 is 1.00 bits per heavy atom. The first-order valence-electron chi connectivity index (χ1n) is 1.25. The topological polar surface area (TPSA) is 72.8 Å². The maximum absolute atomic E-state index is 7.56. The van der Waals surface area contributed by atoms with Gasteiger partial charge < -0.3 is 11.1 Å². The minimum absolute atomic E-state index is 0.944. The number of hydrogen-bond donors (Lipinski definition) is 0. The molecule has 4 nitrogen and oxygen atoms in total. The summed E-state index contributed by atoms with van der Waals surface area (Å²) in [7, 11) is 0. The maximum atomic E-state index is 7.56. The lowest BCUT2D eigenvalue weighted by Crippen LogP contribution is -1.72. The quantitative estimate of drug-likeness (QED) is 0.234. The summed E-state index contributed by atoms with van der Waals surface area (Å²) >= 11 is 0. The molecule has 0 radical (unpaired) electrons. The van der Waals surface area contributed by atoms with E-state index in [4.69, 9.17) is 11.1 Å². The van der Waals surface area contributed by atoms with Crippen molar-refractivity contribution in [2.45, 2.75) is 0 Å². The van der Waals surface area contributed by atoms with Crippen LogP contribution >= 0.6 is 0 Å². The molecule has 0 bridgehead atoms. The zero-order chi connectivity index (χ0) is 4.83. The van der Waals surface area contributed by atoms with Gasteiger partial charge in [-0.2, -0.15) is 9.58 Å².